The lowest BCUT2D eigenvalue weighted by molar-refractivity contribution is -0.128. The Balaban J connectivity index is 1.98. The third-order valence-corrected chi connectivity index (χ3v) is 3.18. The van der Waals surface area contributed by atoms with Gasteiger partial charge in [0.1, 0.15) is 0 Å². The van der Waals surface area contributed by atoms with Gasteiger partial charge in [-0.25, -0.2) is 0 Å². The molecular formula is C13H19N3O. The SMILES string of the molecule is CCCC1CC(=O)N(Cc2cc(N)ccn2)C1. The summed E-state index contributed by atoms with van der Waals surface area (Å²) in [7, 11) is 0. The molecule has 1 aliphatic heterocycles. The number of amides is 1. The predicted octanol–water partition coefficient (Wildman–Crippen LogP) is 1.81. The van der Waals surface area contributed by atoms with Gasteiger partial charge in [-0.05, 0) is 24.5 Å². The van der Waals surface area contributed by atoms with Crippen molar-refractivity contribution in [1.82, 2.24) is 9.88 Å². The normalized spacial score (nSPS) is 19.9. The average Bonchev–Trinajstić information content (AvgIpc) is 2.60. The Kier molecular flexibility index (Phi) is 3.61. The second kappa shape index (κ2) is 5.17. The Bertz CT molecular complexity index is 405. The van der Waals surface area contributed by atoms with Gasteiger partial charge in [0.25, 0.3) is 0 Å². The fraction of sp³-hybridized carbons (Fsp3) is 0.538. The molecule has 4 nitrogen and oxygen atoms in total. The number of likely N-dealkylation sites (tertiary alicyclic amines) is 1. The zero-order valence-electron chi connectivity index (χ0n) is 10.2. The highest BCUT2D eigenvalue weighted by molar-refractivity contribution is 5.78. The zero-order valence-corrected chi connectivity index (χ0v) is 10.2. The summed E-state index contributed by atoms with van der Waals surface area (Å²) in [5.74, 6) is 0.765. The summed E-state index contributed by atoms with van der Waals surface area (Å²) in [5.41, 5.74) is 7.27. The number of carbonyl (C=O) groups excluding carboxylic acids is 1. The molecule has 1 aromatic rings. The minimum absolute atomic E-state index is 0.243. The summed E-state index contributed by atoms with van der Waals surface area (Å²) < 4.78 is 0. The van der Waals surface area contributed by atoms with Crippen LogP contribution in [0.3, 0.4) is 0 Å². The molecule has 0 bridgehead atoms. The van der Waals surface area contributed by atoms with Crippen LogP contribution in [-0.4, -0.2) is 22.3 Å². The number of aromatic nitrogens is 1. The third kappa shape index (κ3) is 2.96. The average molecular weight is 233 g/mol. The molecule has 92 valence electrons. The van der Waals surface area contributed by atoms with Crippen molar-refractivity contribution in [2.24, 2.45) is 5.92 Å². The van der Waals surface area contributed by atoms with Crippen LogP contribution < -0.4 is 5.73 Å². The van der Waals surface area contributed by atoms with Gasteiger partial charge >= 0.3 is 0 Å². The van der Waals surface area contributed by atoms with E-state index in [1.807, 2.05) is 11.0 Å². The first-order valence-corrected chi connectivity index (χ1v) is 6.17. The minimum Gasteiger partial charge on any atom is -0.399 e. The highest BCUT2D eigenvalue weighted by Crippen LogP contribution is 2.23. The summed E-state index contributed by atoms with van der Waals surface area (Å²) >= 11 is 0. The molecule has 0 aromatic carbocycles. The maximum atomic E-state index is 11.8. The summed E-state index contributed by atoms with van der Waals surface area (Å²) in [5, 5.41) is 0. The first kappa shape index (κ1) is 11.9. The molecule has 17 heavy (non-hydrogen) atoms. The molecular weight excluding hydrogens is 214 g/mol. The van der Waals surface area contributed by atoms with Crippen molar-refractivity contribution in [3.63, 3.8) is 0 Å². The minimum atomic E-state index is 0.243. The summed E-state index contributed by atoms with van der Waals surface area (Å²) in [6, 6.07) is 3.59. The number of nitrogens with zero attached hydrogens (tertiary/aromatic N) is 2. The second-order valence-electron chi connectivity index (χ2n) is 4.71. The van der Waals surface area contributed by atoms with Gasteiger partial charge in [-0.3, -0.25) is 9.78 Å². The first-order valence-electron chi connectivity index (χ1n) is 6.17. The van der Waals surface area contributed by atoms with Crippen LogP contribution in [0.1, 0.15) is 31.9 Å². The number of nitrogens with two attached hydrogens (primary N) is 1. The van der Waals surface area contributed by atoms with Gasteiger partial charge < -0.3 is 10.6 Å². The molecule has 4 heteroatoms. The first-order chi connectivity index (χ1) is 8.19. The van der Waals surface area contributed by atoms with Crippen LogP contribution in [0.2, 0.25) is 0 Å². The quantitative estimate of drug-likeness (QED) is 0.862. The van der Waals surface area contributed by atoms with E-state index in [0.717, 1.165) is 25.1 Å². The van der Waals surface area contributed by atoms with E-state index in [1.165, 1.54) is 0 Å². The monoisotopic (exact) mass is 233 g/mol. The van der Waals surface area contributed by atoms with Crippen LogP contribution in [0, 0.1) is 5.92 Å². The van der Waals surface area contributed by atoms with Crippen molar-refractivity contribution < 1.29 is 4.79 Å². The van der Waals surface area contributed by atoms with Crippen molar-refractivity contribution in [2.75, 3.05) is 12.3 Å². The van der Waals surface area contributed by atoms with Crippen molar-refractivity contribution in [1.29, 1.82) is 0 Å². The third-order valence-electron chi connectivity index (χ3n) is 3.18. The molecule has 0 radical (unpaired) electrons. The van der Waals surface area contributed by atoms with Gasteiger partial charge in [0.2, 0.25) is 5.91 Å². The molecule has 1 aromatic heterocycles. The smallest absolute Gasteiger partial charge is 0.223 e. The Morgan fingerprint density at radius 1 is 1.59 bits per heavy atom. The molecule has 0 spiro atoms. The Morgan fingerprint density at radius 2 is 2.41 bits per heavy atom. The van der Waals surface area contributed by atoms with Crippen LogP contribution in [0.25, 0.3) is 0 Å². The number of carbonyl (C=O) groups is 1. The molecule has 1 atom stereocenters. The van der Waals surface area contributed by atoms with Crippen LogP contribution in [0.4, 0.5) is 5.69 Å². The summed E-state index contributed by atoms with van der Waals surface area (Å²) in [6.45, 7) is 3.61. The van der Waals surface area contributed by atoms with E-state index >= 15 is 0 Å². The van der Waals surface area contributed by atoms with E-state index in [0.29, 0.717) is 24.6 Å². The molecule has 2 N–H and O–H groups in total. The van der Waals surface area contributed by atoms with Gasteiger partial charge in [0.05, 0.1) is 12.2 Å². The Labute approximate surface area is 102 Å². The van der Waals surface area contributed by atoms with Gasteiger partial charge in [-0.2, -0.15) is 0 Å². The highest BCUT2D eigenvalue weighted by Gasteiger charge is 2.28. The van der Waals surface area contributed by atoms with E-state index in [1.54, 1.807) is 12.3 Å². The molecule has 1 amide bonds. The molecule has 0 aliphatic carbocycles. The standard InChI is InChI=1S/C13H19N3O/c1-2-3-10-6-13(17)16(8-10)9-12-7-11(14)4-5-15-12/h4-5,7,10H,2-3,6,8-9H2,1H3,(H2,14,15). The molecule has 2 rings (SSSR count). The van der Waals surface area contributed by atoms with Gasteiger partial charge in [0, 0.05) is 24.8 Å². The summed E-state index contributed by atoms with van der Waals surface area (Å²) in [4.78, 5) is 17.9. The van der Waals surface area contributed by atoms with Crippen molar-refractivity contribution in [2.45, 2.75) is 32.7 Å². The van der Waals surface area contributed by atoms with E-state index in [4.69, 9.17) is 5.73 Å². The van der Waals surface area contributed by atoms with Gasteiger partial charge in [-0.1, -0.05) is 13.3 Å². The number of hydrogen-bond acceptors (Lipinski definition) is 3. The number of nitrogen functional groups attached to an aromatic ring is 1. The Hall–Kier alpha value is -1.58. The highest BCUT2D eigenvalue weighted by atomic mass is 16.2. The summed E-state index contributed by atoms with van der Waals surface area (Å²) in [6.07, 6.45) is 4.65. The van der Waals surface area contributed by atoms with Gasteiger partial charge in [0.15, 0.2) is 0 Å². The maximum Gasteiger partial charge on any atom is 0.223 e. The molecule has 1 aliphatic rings. The predicted molar refractivity (Wildman–Crippen MR) is 67.1 cm³/mol. The molecule has 0 saturated carbocycles. The Morgan fingerprint density at radius 3 is 3.12 bits per heavy atom. The number of pyridine rings is 1. The molecule has 1 unspecified atom stereocenters. The van der Waals surface area contributed by atoms with E-state index < -0.39 is 0 Å². The van der Waals surface area contributed by atoms with E-state index in [9.17, 15) is 4.79 Å². The molecule has 2 heterocycles. The van der Waals surface area contributed by atoms with Crippen LogP contribution in [-0.2, 0) is 11.3 Å². The number of rotatable bonds is 4. The van der Waals surface area contributed by atoms with Crippen LogP contribution in [0.15, 0.2) is 18.3 Å². The van der Waals surface area contributed by atoms with Crippen LogP contribution in [0.5, 0.6) is 0 Å². The van der Waals surface area contributed by atoms with Crippen molar-refractivity contribution >= 4 is 11.6 Å². The molecule has 1 fully saturated rings. The molecule has 1 saturated heterocycles. The van der Waals surface area contributed by atoms with E-state index in [2.05, 4.69) is 11.9 Å². The maximum absolute atomic E-state index is 11.8. The fourth-order valence-electron chi connectivity index (χ4n) is 2.39. The number of anilines is 1. The van der Waals surface area contributed by atoms with Gasteiger partial charge in [-0.15, -0.1) is 0 Å². The topological polar surface area (TPSA) is 59.2 Å². The lowest BCUT2D eigenvalue weighted by Crippen LogP contribution is -2.25. The van der Waals surface area contributed by atoms with Crippen molar-refractivity contribution in [3.8, 4) is 0 Å². The van der Waals surface area contributed by atoms with Crippen molar-refractivity contribution in [3.05, 3.63) is 24.0 Å². The largest absolute Gasteiger partial charge is 0.399 e. The van der Waals surface area contributed by atoms with Crippen LogP contribution >= 0.6 is 0 Å². The van der Waals surface area contributed by atoms with E-state index in [-0.39, 0.29) is 5.91 Å². The lowest BCUT2D eigenvalue weighted by Gasteiger charge is -2.16. The lowest BCUT2D eigenvalue weighted by atomic mass is 10.0. The zero-order chi connectivity index (χ0) is 12.3. The fourth-order valence-corrected chi connectivity index (χ4v) is 2.39. The second-order valence-corrected chi connectivity index (χ2v) is 4.71. The number of hydrogen-bond donors (Lipinski definition) is 1.